The van der Waals surface area contributed by atoms with E-state index in [9.17, 15) is 9.18 Å². The van der Waals surface area contributed by atoms with Crippen molar-refractivity contribution in [3.63, 3.8) is 0 Å². The van der Waals surface area contributed by atoms with Gasteiger partial charge in [-0.3, -0.25) is 4.79 Å². The SMILES string of the molecule is COC[C@H]1Sc2ncnc(Nc3ccc(Br)cc3F)c2NC1=O. The molecule has 6 nitrogen and oxygen atoms in total. The van der Waals surface area contributed by atoms with E-state index < -0.39 is 5.82 Å². The number of anilines is 3. The zero-order valence-corrected chi connectivity index (χ0v) is 14.4. The van der Waals surface area contributed by atoms with E-state index in [0.29, 0.717) is 21.0 Å². The summed E-state index contributed by atoms with van der Waals surface area (Å²) in [6.45, 7) is 0.282. The highest BCUT2D eigenvalue weighted by atomic mass is 79.9. The summed E-state index contributed by atoms with van der Waals surface area (Å²) in [6, 6.07) is 4.64. The second-order valence-corrected chi connectivity index (χ2v) is 6.81. The van der Waals surface area contributed by atoms with Gasteiger partial charge in [0, 0.05) is 11.6 Å². The molecule has 2 aromatic rings. The van der Waals surface area contributed by atoms with Crippen LogP contribution in [0.1, 0.15) is 0 Å². The van der Waals surface area contributed by atoms with Gasteiger partial charge in [-0.05, 0) is 18.2 Å². The molecule has 120 valence electrons. The number of fused-ring (bicyclic) bond motifs is 1. The fraction of sp³-hybridized carbons (Fsp3) is 0.214. The second kappa shape index (κ2) is 6.81. The topological polar surface area (TPSA) is 76.1 Å². The number of hydrogen-bond donors (Lipinski definition) is 2. The number of aromatic nitrogens is 2. The van der Waals surface area contributed by atoms with Gasteiger partial charge in [-0.25, -0.2) is 14.4 Å². The lowest BCUT2D eigenvalue weighted by Gasteiger charge is -2.24. The number of benzene rings is 1. The van der Waals surface area contributed by atoms with Gasteiger partial charge in [0.05, 0.1) is 12.3 Å². The Bertz CT molecular complexity index is 762. The first kappa shape index (κ1) is 16.2. The molecule has 0 bridgehead atoms. The largest absolute Gasteiger partial charge is 0.383 e. The third kappa shape index (κ3) is 3.46. The summed E-state index contributed by atoms with van der Waals surface area (Å²) in [4.78, 5) is 20.3. The lowest BCUT2D eigenvalue weighted by molar-refractivity contribution is -0.116. The van der Waals surface area contributed by atoms with Crippen molar-refractivity contribution in [3.05, 3.63) is 34.8 Å². The minimum atomic E-state index is -0.432. The number of carbonyl (C=O) groups excluding carboxylic acids is 1. The van der Waals surface area contributed by atoms with E-state index in [-0.39, 0.29) is 23.5 Å². The van der Waals surface area contributed by atoms with Crippen molar-refractivity contribution < 1.29 is 13.9 Å². The minimum absolute atomic E-state index is 0.196. The molecule has 0 aliphatic carbocycles. The van der Waals surface area contributed by atoms with Crippen LogP contribution in [0.4, 0.5) is 21.6 Å². The number of halogens is 2. The van der Waals surface area contributed by atoms with Crippen molar-refractivity contribution in [2.45, 2.75) is 10.3 Å². The summed E-state index contributed by atoms with van der Waals surface area (Å²) < 4.78 is 19.6. The van der Waals surface area contributed by atoms with E-state index in [1.807, 2.05) is 0 Å². The number of nitrogens with one attached hydrogen (secondary N) is 2. The van der Waals surface area contributed by atoms with Crippen LogP contribution in [0.3, 0.4) is 0 Å². The molecule has 23 heavy (non-hydrogen) atoms. The van der Waals surface area contributed by atoms with E-state index >= 15 is 0 Å². The Morgan fingerprint density at radius 1 is 1.48 bits per heavy atom. The van der Waals surface area contributed by atoms with E-state index in [1.54, 1.807) is 12.1 Å². The summed E-state index contributed by atoms with van der Waals surface area (Å²) in [7, 11) is 1.53. The normalized spacial score (nSPS) is 16.7. The minimum Gasteiger partial charge on any atom is -0.383 e. The maximum atomic E-state index is 14.0. The Kier molecular flexibility index (Phi) is 4.79. The smallest absolute Gasteiger partial charge is 0.240 e. The zero-order chi connectivity index (χ0) is 16.4. The van der Waals surface area contributed by atoms with Gasteiger partial charge in [-0.2, -0.15) is 0 Å². The van der Waals surface area contributed by atoms with Crippen LogP contribution in [0, 0.1) is 5.82 Å². The number of hydrogen-bond acceptors (Lipinski definition) is 6. The number of nitrogens with zero attached hydrogens (tertiary/aromatic N) is 2. The standard InChI is InChI=1S/C14H12BrFN4O2S/c1-22-5-10-13(21)20-11-12(17-6-18-14(11)23-10)19-9-3-2-7(15)4-8(9)16/h2-4,6,10H,5H2,1H3,(H,20,21)(H,17,18,19)/t10-/m1/s1. The fourth-order valence-corrected chi connectivity index (χ4v) is 3.38. The maximum Gasteiger partial charge on any atom is 0.240 e. The molecule has 0 radical (unpaired) electrons. The molecule has 1 aliphatic rings. The Labute approximate surface area is 144 Å². The summed E-state index contributed by atoms with van der Waals surface area (Å²) in [5, 5.41) is 5.88. The van der Waals surface area contributed by atoms with Crippen LogP contribution in [0.2, 0.25) is 0 Å². The van der Waals surface area contributed by atoms with Gasteiger partial charge in [-0.1, -0.05) is 27.7 Å². The molecule has 1 amide bonds. The van der Waals surface area contributed by atoms with Crippen LogP contribution in [-0.4, -0.2) is 34.8 Å². The lowest BCUT2D eigenvalue weighted by Crippen LogP contribution is -2.33. The average molecular weight is 399 g/mol. The number of carbonyl (C=O) groups is 1. The van der Waals surface area contributed by atoms with Crippen molar-refractivity contribution in [1.82, 2.24) is 9.97 Å². The second-order valence-electron chi connectivity index (χ2n) is 4.70. The van der Waals surface area contributed by atoms with Gasteiger partial charge in [-0.15, -0.1) is 0 Å². The first-order chi connectivity index (χ1) is 11.1. The molecule has 0 unspecified atom stereocenters. The predicted molar refractivity (Wildman–Crippen MR) is 89.6 cm³/mol. The van der Waals surface area contributed by atoms with Crippen LogP contribution in [-0.2, 0) is 9.53 Å². The summed E-state index contributed by atoms with van der Waals surface area (Å²) in [5.74, 6) is -0.287. The molecule has 1 aromatic heterocycles. The monoisotopic (exact) mass is 398 g/mol. The zero-order valence-electron chi connectivity index (χ0n) is 12.0. The molecular weight excluding hydrogens is 387 g/mol. The average Bonchev–Trinajstić information content (AvgIpc) is 2.52. The van der Waals surface area contributed by atoms with Crippen molar-refractivity contribution in [1.29, 1.82) is 0 Å². The molecule has 0 saturated carbocycles. The third-order valence-corrected chi connectivity index (χ3v) is 4.77. The van der Waals surface area contributed by atoms with Crippen molar-refractivity contribution in [3.8, 4) is 0 Å². The van der Waals surface area contributed by atoms with E-state index in [4.69, 9.17) is 4.74 Å². The molecule has 3 rings (SSSR count). The Morgan fingerprint density at radius 2 is 2.30 bits per heavy atom. The van der Waals surface area contributed by atoms with Crippen LogP contribution in [0.5, 0.6) is 0 Å². The number of rotatable bonds is 4. The Morgan fingerprint density at radius 3 is 3.04 bits per heavy atom. The molecule has 2 N–H and O–H groups in total. The Hall–Kier alpha value is -1.71. The van der Waals surface area contributed by atoms with Gasteiger partial charge >= 0.3 is 0 Å². The molecule has 0 spiro atoms. The molecule has 1 atom stereocenters. The van der Waals surface area contributed by atoms with Gasteiger partial charge in [0.1, 0.15) is 28.1 Å². The molecule has 0 saturated heterocycles. The fourth-order valence-electron chi connectivity index (χ4n) is 2.04. The van der Waals surface area contributed by atoms with Crippen molar-refractivity contribution in [2.24, 2.45) is 0 Å². The van der Waals surface area contributed by atoms with E-state index in [1.165, 1.54) is 31.3 Å². The quantitative estimate of drug-likeness (QED) is 0.770. The van der Waals surface area contributed by atoms with Crippen molar-refractivity contribution in [2.75, 3.05) is 24.4 Å². The highest BCUT2D eigenvalue weighted by molar-refractivity contribution is 9.10. The summed E-state index contributed by atoms with van der Waals surface area (Å²) in [5.41, 5.74) is 0.699. The number of amides is 1. The van der Waals surface area contributed by atoms with Gasteiger partial charge in [0.15, 0.2) is 5.82 Å². The van der Waals surface area contributed by atoms with Gasteiger partial charge in [0.25, 0.3) is 0 Å². The highest BCUT2D eigenvalue weighted by Crippen LogP contribution is 2.38. The molecule has 2 heterocycles. The van der Waals surface area contributed by atoms with Crippen LogP contribution < -0.4 is 10.6 Å². The maximum absolute atomic E-state index is 14.0. The highest BCUT2D eigenvalue weighted by Gasteiger charge is 2.30. The molecule has 1 aromatic carbocycles. The Balaban J connectivity index is 1.91. The van der Waals surface area contributed by atoms with Crippen LogP contribution in [0.15, 0.2) is 34.0 Å². The molecular formula is C14H12BrFN4O2S. The molecule has 0 fully saturated rings. The van der Waals surface area contributed by atoms with Crippen molar-refractivity contribution >= 4 is 50.8 Å². The van der Waals surface area contributed by atoms with Gasteiger partial charge < -0.3 is 15.4 Å². The first-order valence-electron chi connectivity index (χ1n) is 6.62. The third-order valence-electron chi connectivity index (χ3n) is 3.11. The predicted octanol–water partition coefficient (Wildman–Crippen LogP) is 3.18. The first-order valence-corrected chi connectivity index (χ1v) is 8.29. The molecule has 1 aliphatic heterocycles. The molecule has 9 heteroatoms. The van der Waals surface area contributed by atoms with Crippen LogP contribution in [0.25, 0.3) is 0 Å². The number of methoxy groups -OCH3 is 1. The van der Waals surface area contributed by atoms with E-state index in [2.05, 4.69) is 36.5 Å². The van der Waals surface area contributed by atoms with E-state index in [0.717, 1.165) is 0 Å². The summed E-state index contributed by atoms with van der Waals surface area (Å²) in [6.07, 6.45) is 1.37. The number of ether oxygens (including phenoxy) is 1. The number of thioether (sulfide) groups is 1. The summed E-state index contributed by atoms with van der Waals surface area (Å²) >= 11 is 4.50. The lowest BCUT2D eigenvalue weighted by atomic mass is 10.3. The van der Waals surface area contributed by atoms with Crippen LogP contribution >= 0.6 is 27.7 Å². The van der Waals surface area contributed by atoms with Gasteiger partial charge in [0.2, 0.25) is 5.91 Å².